The summed E-state index contributed by atoms with van der Waals surface area (Å²) in [6.45, 7) is 8.97. The van der Waals surface area contributed by atoms with E-state index in [1.807, 2.05) is 0 Å². The van der Waals surface area contributed by atoms with Crippen LogP contribution in [0.25, 0.3) is 28.1 Å². The summed E-state index contributed by atoms with van der Waals surface area (Å²) in [5.41, 5.74) is 11.7. The first-order chi connectivity index (χ1) is 19.4. The number of hydrogen-bond acceptors (Lipinski definition) is 1. The highest BCUT2D eigenvalue weighted by atomic mass is 16.3. The maximum atomic E-state index is 10.8. The molecule has 0 aliphatic heterocycles. The molecule has 1 heterocycles. The van der Waals surface area contributed by atoms with Gasteiger partial charge in [0, 0.05) is 40.2 Å². The minimum atomic E-state index is 0.322. The summed E-state index contributed by atoms with van der Waals surface area (Å²) in [5.74, 6) is 1.54. The molecule has 3 unspecified atom stereocenters. The Morgan fingerprint density at radius 3 is 2.58 bits per heavy atom. The molecule has 0 spiro atoms. The highest BCUT2D eigenvalue weighted by Gasteiger charge is 2.25. The van der Waals surface area contributed by atoms with Crippen LogP contribution in [0.1, 0.15) is 81.8 Å². The Labute approximate surface area is 239 Å². The normalized spacial score (nSPS) is 21.9. The fraction of sp³-hybridized carbons (Fsp3) is 0.316. The average molecular weight is 528 g/mol. The zero-order valence-corrected chi connectivity index (χ0v) is 24.3. The van der Waals surface area contributed by atoms with Gasteiger partial charge in [-0.1, -0.05) is 92.8 Å². The summed E-state index contributed by atoms with van der Waals surface area (Å²) in [4.78, 5) is 0. The number of hydrogen-bond donors (Lipinski definition) is 1. The molecule has 0 amide bonds. The second-order valence-electron chi connectivity index (χ2n) is 12.0. The maximum absolute atomic E-state index is 10.8. The van der Waals surface area contributed by atoms with Crippen LogP contribution in [0.3, 0.4) is 0 Å². The molecule has 2 heteroatoms. The van der Waals surface area contributed by atoms with Crippen LogP contribution in [0.5, 0.6) is 0 Å². The molecule has 204 valence electrons. The van der Waals surface area contributed by atoms with Gasteiger partial charge in [0.1, 0.15) is 5.76 Å². The van der Waals surface area contributed by atoms with Gasteiger partial charge in [-0.25, -0.2) is 0 Å². The smallest absolute Gasteiger partial charge is 0.100 e. The lowest BCUT2D eigenvalue weighted by atomic mass is 9.86. The number of nitrogens with zero attached hydrogens (tertiary/aromatic N) is 1. The van der Waals surface area contributed by atoms with E-state index in [1.165, 1.54) is 50.0 Å². The van der Waals surface area contributed by atoms with Crippen LogP contribution >= 0.6 is 0 Å². The van der Waals surface area contributed by atoms with Crippen LogP contribution in [0.4, 0.5) is 0 Å². The van der Waals surface area contributed by atoms with Crippen LogP contribution in [-0.2, 0) is 6.42 Å². The minimum absolute atomic E-state index is 0.322. The molecule has 0 saturated heterocycles. The van der Waals surface area contributed by atoms with E-state index in [9.17, 15) is 5.11 Å². The van der Waals surface area contributed by atoms with Gasteiger partial charge in [0.05, 0.1) is 0 Å². The van der Waals surface area contributed by atoms with E-state index >= 15 is 0 Å². The quantitative estimate of drug-likeness (QED) is 0.339. The molecule has 0 radical (unpaired) electrons. The van der Waals surface area contributed by atoms with Crippen molar-refractivity contribution in [3.63, 3.8) is 0 Å². The molecular formula is C38H41NO. The lowest BCUT2D eigenvalue weighted by molar-refractivity contribution is 0.364. The number of benzene rings is 2. The van der Waals surface area contributed by atoms with Crippen LogP contribution in [0, 0.1) is 11.8 Å². The zero-order valence-electron chi connectivity index (χ0n) is 24.3. The van der Waals surface area contributed by atoms with E-state index in [4.69, 9.17) is 0 Å². The summed E-state index contributed by atoms with van der Waals surface area (Å²) < 4.78 is 2.59. The molecule has 6 rings (SSSR count). The van der Waals surface area contributed by atoms with Crippen LogP contribution in [0.2, 0.25) is 0 Å². The third-order valence-electron chi connectivity index (χ3n) is 8.93. The van der Waals surface area contributed by atoms with Crippen molar-refractivity contribution in [2.45, 2.75) is 65.8 Å². The number of aliphatic hydroxyl groups is 1. The number of rotatable bonds is 6. The zero-order chi connectivity index (χ0) is 27.8. The predicted octanol–water partition coefficient (Wildman–Crippen LogP) is 10.4. The van der Waals surface area contributed by atoms with Crippen molar-refractivity contribution in [3.8, 4) is 0 Å². The molecule has 0 saturated carbocycles. The number of fused-ring (bicyclic) bond motifs is 3. The highest BCUT2D eigenvalue weighted by Crippen LogP contribution is 2.41. The van der Waals surface area contributed by atoms with E-state index in [0.717, 1.165) is 37.7 Å². The third-order valence-corrected chi connectivity index (χ3v) is 8.93. The Bertz CT molecular complexity index is 1620. The summed E-state index contributed by atoms with van der Waals surface area (Å²) >= 11 is 0. The monoisotopic (exact) mass is 527 g/mol. The fourth-order valence-electron chi connectivity index (χ4n) is 6.83. The van der Waals surface area contributed by atoms with Crippen LogP contribution in [-0.4, -0.2) is 9.67 Å². The molecule has 3 aliphatic carbocycles. The first-order valence-corrected chi connectivity index (χ1v) is 15.0. The molecule has 3 aromatic rings. The lowest BCUT2D eigenvalue weighted by Crippen LogP contribution is -2.13. The molecular weight excluding hydrogens is 486 g/mol. The second-order valence-corrected chi connectivity index (χ2v) is 12.0. The summed E-state index contributed by atoms with van der Waals surface area (Å²) in [6.07, 6.45) is 20.7. The average Bonchev–Trinajstić information content (AvgIpc) is 3.30. The van der Waals surface area contributed by atoms with E-state index in [0.29, 0.717) is 23.6 Å². The number of allylic oxidation sites excluding steroid dienone is 11. The number of aromatic nitrogens is 1. The molecule has 2 nitrogen and oxygen atoms in total. The Hall–Kier alpha value is -3.78. The summed E-state index contributed by atoms with van der Waals surface area (Å²) in [5, 5.41) is 12.1. The summed E-state index contributed by atoms with van der Waals surface area (Å²) in [7, 11) is 0. The number of aliphatic hydroxyl groups excluding tert-OH is 1. The van der Waals surface area contributed by atoms with Crippen molar-refractivity contribution >= 4 is 28.1 Å². The predicted molar refractivity (Wildman–Crippen MR) is 171 cm³/mol. The van der Waals surface area contributed by atoms with E-state index in [-0.39, 0.29) is 0 Å². The first kappa shape index (κ1) is 26.4. The van der Waals surface area contributed by atoms with Crippen molar-refractivity contribution in [1.29, 1.82) is 0 Å². The van der Waals surface area contributed by atoms with Gasteiger partial charge in [0.2, 0.25) is 0 Å². The molecule has 2 aromatic carbocycles. The maximum Gasteiger partial charge on any atom is 0.100 e. The van der Waals surface area contributed by atoms with E-state index < -0.39 is 0 Å². The van der Waals surface area contributed by atoms with Gasteiger partial charge in [-0.05, 0) is 91.4 Å². The van der Waals surface area contributed by atoms with Gasteiger partial charge < -0.3 is 9.67 Å². The van der Waals surface area contributed by atoms with Crippen molar-refractivity contribution in [2.75, 3.05) is 0 Å². The van der Waals surface area contributed by atoms with E-state index in [1.54, 1.807) is 0 Å². The Morgan fingerprint density at radius 2 is 1.82 bits per heavy atom. The fourth-order valence-corrected chi connectivity index (χ4v) is 6.83. The summed E-state index contributed by atoms with van der Waals surface area (Å²) in [6, 6.07) is 18.3. The molecule has 40 heavy (non-hydrogen) atoms. The SMILES string of the molecule is C/C=C(\CC(C)n1c2c(c3ccccc31)C=C(C1=C(O)CC(C)C=C1)CC2)c1ccc(C2=CC(C)CC=C2)cc1. The number of para-hydroxylation sites is 1. The van der Waals surface area contributed by atoms with E-state index in [2.05, 4.69) is 123 Å². The van der Waals surface area contributed by atoms with Crippen molar-refractivity contribution < 1.29 is 5.11 Å². The van der Waals surface area contributed by atoms with Crippen molar-refractivity contribution in [1.82, 2.24) is 4.57 Å². The lowest BCUT2D eigenvalue weighted by Gasteiger charge is -2.24. The Morgan fingerprint density at radius 1 is 1.02 bits per heavy atom. The minimum Gasteiger partial charge on any atom is -0.512 e. The van der Waals surface area contributed by atoms with Crippen molar-refractivity contribution in [2.24, 2.45) is 11.8 Å². The Balaban J connectivity index is 1.30. The van der Waals surface area contributed by atoms with Crippen LogP contribution in [0.15, 0.2) is 102 Å². The molecule has 3 atom stereocenters. The highest BCUT2D eigenvalue weighted by molar-refractivity contribution is 5.93. The largest absolute Gasteiger partial charge is 0.512 e. The van der Waals surface area contributed by atoms with Gasteiger partial charge in [0.25, 0.3) is 0 Å². The van der Waals surface area contributed by atoms with Gasteiger partial charge in [0.15, 0.2) is 0 Å². The molecule has 0 fully saturated rings. The van der Waals surface area contributed by atoms with Gasteiger partial charge in [-0.15, -0.1) is 0 Å². The topological polar surface area (TPSA) is 25.2 Å². The van der Waals surface area contributed by atoms with Crippen LogP contribution < -0.4 is 0 Å². The van der Waals surface area contributed by atoms with Crippen molar-refractivity contribution in [3.05, 3.63) is 124 Å². The first-order valence-electron chi connectivity index (χ1n) is 15.0. The third kappa shape index (κ3) is 4.96. The standard InChI is InChI=1S/C38H41NO/c1-5-28(29-14-16-30(17-15-29)31-10-8-9-25(2)21-31)23-27(4)39-36-12-7-6-11-34(36)35-24-32(18-20-37(35)39)33-19-13-26(3)22-38(33)40/h5-8,10-17,19,21,24-27,40H,9,18,20,22-23H2,1-4H3/b28-5+. The van der Waals surface area contributed by atoms with Gasteiger partial charge in [-0.3, -0.25) is 0 Å². The molecule has 1 aromatic heterocycles. The van der Waals surface area contributed by atoms with Gasteiger partial charge in [-0.2, -0.15) is 0 Å². The Kier molecular flexibility index (Phi) is 7.27. The molecule has 3 aliphatic rings. The second kappa shape index (κ2) is 11.0. The van der Waals surface area contributed by atoms with Gasteiger partial charge >= 0.3 is 0 Å². The molecule has 1 N–H and O–H groups in total. The molecule has 0 bridgehead atoms.